The van der Waals surface area contributed by atoms with Crippen LogP contribution in [0.4, 0.5) is 24.4 Å². The normalized spacial score (nSPS) is 11.3. The highest BCUT2D eigenvalue weighted by molar-refractivity contribution is 7.20. The van der Waals surface area contributed by atoms with Crippen molar-refractivity contribution in [2.24, 2.45) is 5.73 Å². The third kappa shape index (κ3) is 5.41. The SMILES string of the molecule is CN(Cc1nccc(Nc2sc(-c3c(F)cc(C(C)(C)O)cc3F)cc2C(N)=O)n1)C(=O)O. The smallest absolute Gasteiger partial charge is 0.407 e. The quantitative estimate of drug-likeness (QED) is 0.407. The van der Waals surface area contributed by atoms with Crippen molar-refractivity contribution in [2.45, 2.75) is 26.0 Å². The third-order valence-electron chi connectivity index (χ3n) is 4.64. The number of hydrogen-bond donors (Lipinski definition) is 4. The molecule has 0 aliphatic rings. The fourth-order valence-electron chi connectivity index (χ4n) is 2.89. The van der Waals surface area contributed by atoms with Crippen molar-refractivity contribution >= 4 is 34.2 Å². The Kier molecular flexibility index (Phi) is 6.60. The van der Waals surface area contributed by atoms with Gasteiger partial charge in [0.05, 0.1) is 23.3 Å². The van der Waals surface area contributed by atoms with Crippen LogP contribution in [0.2, 0.25) is 0 Å². The van der Waals surface area contributed by atoms with Gasteiger partial charge in [-0.2, -0.15) is 0 Å². The molecule has 9 nitrogen and oxygen atoms in total. The zero-order valence-electron chi connectivity index (χ0n) is 17.9. The molecule has 0 aliphatic heterocycles. The summed E-state index contributed by atoms with van der Waals surface area (Å²) in [6.07, 6.45) is 0.239. The van der Waals surface area contributed by atoms with Gasteiger partial charge in [0.1, 0.15) is 28.3 Å². The zero-order valence-corrected chi connectivity index (χ0v) is 18.7. The van der Waals surface area contributed by atoms with Crippen LogP contribution in [0.5, 0.6) is 0 Å². The van der Waals surface area contributed by atoms with Crippen LogP contribution in [0.25, 0.3) is 10.4 Å². The number of primary amides is 1. The summed E-state index contributed by atoms with van der Waals surface area (Å²) < 4.78 is 29.6. The van der Waals surface area contributed by atoms with Crippen molar-refractivity contribution < 1.29 is 28.6 Å². The molecule has 33 heavy (non-hydrogen) atoms. The number of halogens is 2. The van der Waals surface area contributed by atoms with Gasteiger partial charge in [-0.1, -0.05) is 0 Å². The summed E-state index contributed by atoms with van der Waals surface area (Å²) in [5, 5.41) is 22.1. The molecule has 0 bridgehead atoms. The second kappa shape index (κ2) is 9.08. The average Bonchev–Trinajstić information content (AvgIpc) is 3.10. The highest BCUT2D eigenvalue weighted by Gasteiger charge is 2.24. The molecule has 0 fully saturated rings. The predicted molar refractivity (Wildman–Crippen MR) is 118 cm³/mol. The molecule has 0 atom stereocenters. The van der Waals surface area contributed by atoms with Crippen LogP contribution < -0.4 is 11.1 Å². The molecule has 0 unspecified atom stereocenters. The highest BCUT2D eigenvalue weighted by Crippen LogP contribution is 2.40. The topological polar surface area (TPSA) is 142 Å². The number of nitrogens with zero attached hydrogens (tertiary/aromatic N) is 3. The Morgan fingerprint density at radius 2 is 1.88 bits per heavy atom. The molecule has 0 saturated carbocycles. The maximum atomic E-state index is 14.8. The molecule has 2 aromatic heterocycles. The Bertz CT molecular complexity index is 1200. The maximum Gasteiger partial charge on any atom is 0.407 e. The van der Waals surface area contributed by atoms with Crippen LogP contribution in [0.3, 0.4) is 0 Å². The number of benzene rings is 1. The second-order valence-electron chi connectivity index (χ2n) is 7.71. The number of carbonyl (C=O) groups is 2. The van der Waals surface area contributed by atoms with Crippen molar-refractivity contribution in [3.8, 4) is 10.4 Å². The molecule has 0 radical (unpaired) electrons. The van der Waals surface area contributed by atoms with Crippen LogP contribution >= 0.6 is 11.3 Å². The van der Waals surface area contributed by atoms with Crippen LogP contribution in [0.1, 0.15) is 35.6 Å². The minimum Gasteiger partial charge on any atom is -0.465 e. The number of carbonyl (C=O) groups excluding carboxylic acids is 1. The van der Waals surface area contributed by atoms with Crippen LogP contribution in [0, 0.1) is 11.6 Å². The van der Waals surface area contributed by atoms with Gasteiger partial charge in [-0.3, -0.25) is 4.79 Å². The van der Waals surface area contributed by atoms with E-state index in [1.165, 1.54) is 39.2 Å². The van der Waals surface area contributed by atoms with E-state index in [1.54, 1.807) is 0 Å². The Morgan fingerprint density at radius 1 is 1.24 bits per heavy atom. The second-order valence-corrected chi connectivity index (χ2v) is 8.77. The molecule has 2 amide bonds. The van der Waals surface area contributed by atoms with E-state index in [4.69, 9.17) is 10.8 Å². The van der Waals surface area contributed by atoms with Gasteiger partial charge in [-0.15, -0.1) is 11.3 Å². The molecular formula is C21H21F2N5O4S. The molecule has 2 heterocycles. The van der Waals surface area contributed by atoms with Crippen molar-refractivity contribution in [1.29, 1.82) is 0 Å². The van der Waals surface area contributed by atoms with E-state index in [0.29, 0.717) is 0 Å². The summed E-state index contributed by atoms with van der Waals surface area (Å²) in [6.45, 7) is 2.74. The van der Waals surface area contributed by atoms with Crippen molar-refractivity contribution in [3.05, 3.63) is 59.0 Å². The summed E-state index contributed by atoms with van der Waals surface area (Å²) in [5.74, 6) is -2.21. The molecule has 1 aromatic carbocycles. The van der Waals surface area contributed by atoms with Crippen LogP contribution in [-0.2, 0) is 12.1 Å². The zero-order chi connectivity index (χ0) is 24.5. The Morgan fingerprint density at radius 3 is 2.42 bits per heavy atom. The molecule has 5 N–H and O–H groups in total. The van der Waals surface area contributed by atoms with E-state index in [1.807, 2.05) is 0 Å². The maximum absolute atomic E-state index is 14.8. The van der Waals surface area contributed by atoms with E-state index >= 15 is 0 Å². The number of aliphatic hydroxyl groups is 1. The first-order valence-corrected chi connectivity index (χ1v) is 10.4. The molecule has 0 spiro atoms. The number of hydrogen-bond acceptors (Lipinski definition) is 7. The number of carboxylic acid groups (broad SMARTS) is 1. The van der Waals surface area contributed by atoms with E-state index in [9.17, 15) is 23.5 Å². The summed E-state index contributed by atoms with van der Waals surface area (Å²) >= 11 is 0.883. The molecular weight excluding hydrogens is 456 g/mol. The number of anilines is 2. The summed E-state index contributed by atoms with van der Waals surface area (Å²) in [6, 6.07) is 4.81. The van der Waals surface area contributed by atoms with E-state index in [-0.39, 0.29) is 44.8 Å². The first kappa shape index (κ1) is 24.0. The first-order chi connectivity index (χ1) is 15.4. The van der Waals surface area contributed by atoms with E-state index in [0.717, 1.165) is 28.4 Å². The number of aromatic nitrogens is 2. The summed E-state index contributed by atoms with van der Waals surface area (Å²) in [4.78, 5) is 32.2. The van der Waals surface area contributed by atoms with Gasteiger partial charge in [0, 0.05) is 18.1 Å². The lowest BCUT2D eigenvalue weighted by molar-refractivity contribution is 0.0778. The number of thiophene rings is 1. The molecule has 12 heteroatoms. The molecule has 3 aromatic rings. The van der Waals surface area contributed by atoms with Gasteiger partial charge in [0.25, 0.3) is 5.91 Å². The van der Waals surface area contributed by atoms with Gasteiger partial charge in [-0.05, 0) is 43.7 Å². The minimum atomic E-state index is -1.44. The van der Waals surface area contributed by atoms with E-state index < -0.39 is 29.2 Å². The standard InChI is InChI=1S/C21H21F2N5O4S/c1-21(2,32)10-6-12(22)17(13(23)7-10)14-8-11(18(24)29)19(33-14)27-15-4-5-25-16(26-15)9-28(3)20(30)31/h4-8,32H,9H2,1-3H3,(H2,24,29)(H,30,31)(H,25,26,27). The van der Waals surface area contributed by atoms with Crippen molar-refractivity contribution in [3.63, 3.8) is 0 Å². The van der Waals surface area contributed by atoms with Crippen LogP contribution in [-0.4, -0.2) is 44.1 Å². The lowest BCUT2D eigenvalue weighted by Gasteiger charge is -2.18. The largest absolute Gasteiger partial charge is 0.465 e. The van der Waals surface area contributed by atoms with Gasteiger partial charge in [0.15, 0.2) is 0 Å². The summed E-state index contributed by atoms with van der Waals surface area (Å²) in [5.41, 5.74) is 3.69. The third-order valence-corrected chi connectivity index (χ3v) is 5.71. The van der Waals surface area contributed by atoms with E-state index in [2.05, 4.69) is 15.3 Å². The Hall–Kier alpha value is -3.64. The lowest BCUT2D eigenvalue weighted by atomic mass is 9.96. The fraction of sp³-hybridized carbons (Fsp3) is 0.238. The number of rotatable bonds is 7. The summed E-state index contributed by atoms with van der Waals surface area (Å²) in [7, 11) is 1.36. The highest BCUT2D eigenvalue weighted by atomic mass is 32.1. The molecule has 174 valence electrons. The Labute approximate surface area is 191 Å². The van der Waals surface area contributed by atoms with Gasteiger partial charge >= 0.3 is 6.09 Å². The number of nitrogens with one attached hydrogen (secondary N) is 1. The lowest BCUT2D eigenvalue weighted by Crippen LogP contribution is -2.25. The number of nitrogens with two attached hydrogens (primary N) is 1. The van der Waals surface area contributed by atoms with Gasteiger partial charge in [0.2, 0.25) is 0 Å². The van der Waals surface area contributed by atoms with Crippen LogP contribution in [0.15, 0.2) is 30.5 Å². The van der Waals surface area contributed by atoms with Gasteiger partial charge < -0.3 is 26.2 Å². The first-order valence-electron chi connectivity index (χ1n) is 9.55. The minimum absolute atomic E-state index is 0.0109. The predicted octanol–water partition coefficient (Wildman–Crippen LogP) is 3.66. The monoisotopic (exact) mass is 477 g/mol. The fourth-order valence-corrected chi connectivity index (χ4v) is 4.01. The molecule has 0 saturated heterocycles. The van der Waals surface area contributed by atoms with Crippen molar-refractivity contribution in [2.75, 3.05) is 12.4 Å². The Balaban J connectivity index is 1.98. The molecule has 0 aliphatic carbocycles. The average molecular weight is 477 g/mol. The van der Waals surface area contributed by atoms with Gasteiger partial charge in [-0.25, -0.2) is 23.5 Å². The number of amides is 2. The van der Waals surface area contributed by atoms with Crippen molar-refractivity contribution in [1.82, 2.24) is 14.9 Å². The molecule has 3 rings (SSSR count).